The summed E-state index contributed by atoms with van der Waals surface area (Å²) in [6.07, 6.45) is 3.11. The van der Waals surface area contributed by atoms with Gasteiger partial charge in [0.25, 0.3) is 0 Å². The molecule has 6 nitrogen and oxygen atoms in total. The minimum atomic E-state index is -0.448. The van der Waals surface area contributed by atoms with Gasteiger partial charge in [-0.1, -0.05) is 0 Å². The van der Waals surface area contributed by atoms with E-state index in [1.807, 2.05) is 13.0 Å². The molecule has 0 amide bonds. The van der Waals surface area contributed by atoms with Crippen LogP contribution >= 0.6 is 11.8 Å². The summed E-state index contributed by atoms with van der Waals surface area (Å²) in [5.41, 5.74) is 3.22. The summed E-state index contributed by atoms with van der Waals surface area (Å²) in [6.45, 7) is 2.15. The molecule has 0 saturated heterocycles. The lowest BCUT2D eigenvalue weighted by Gasteiger charge is -2.07. The number of carbonyl (C=O) groups is 2. The van der Waals surface area contributed by atoms with Crippen LogP contribution in [-0.4, -0.2) is 35.7 Å². The number of hydrogen-bond acceptors (Lipinski definition) is 7. The number of thioether (sulfide) groups is 1. The van der Waals surface area contributed by atoms with Gasteiger partial charge in [-0.2, -0.15) is 5.26 Å². The number of Topliss-reactive ketones (excluding diaryl/α,β-unsaturated/α-hetero) is 1. The van der Waals surface area contributed by atoms with E-state index in [4.69, 9.17) is 9.47 Å². The molecule has 2 aromatic rings. The third-order valence-electron chi connectivity index (χ3n) is 4.53. The van der Waals surface area contributed by atoms with Gasteiger partial charge in [-0.15, -0.1) is 11.8 Å². The second kappa shape index (κ2) is 10.1. The number of rotatable bonds is 9. The first-order valence-corrected chi connectivity index (χ1v) is 10.6. The topological polar surface area (TPSA) is 89.3 Å². The summed E-state index contributed by atoms with van der Waals surface area (Å²) in [4.78, 5) is 28.7. The van der Waals surface area contributed by atoms with Crippen molar-refractivity contribution in [3.63, 3.8) is 0 Å². The highest BCUT2D eigenvalue weighted by Gasteiger charge is 2.17. The first-order chi connectivity index (χ1) is 14.1. The molecule has 1 aromatic carbocycles. The molecule has 1 aliphatic rings. The highest BCUT2D eigenvalue weighted by Crippen LogP contribution is 2.28. The van der Waals surface area contributed by atoms with Gasteiger partial charge in [-0.25, -0.2) is 4.98 Å². The number of ketones is 1. The van der Waals surface area contributed by atoms with Crippen molar-refractivity contribution in [2.24, 2.45) is 0 Å². The monoisotopic (exact) mass is 410 g/mol. The first kappa shape index (κ1) is 20.9. The minimum Gasteiger partial charge on any atom is -0.494 e. The average Bonchev–Trinajstić information content (AvgIpc) is 3.19. The highest BCUT2D eigenvalue weighted by molar-refractivity contribution is 7.99. The molecule has 7 heteroatoms. The summed E-state index contributed by atoms with van der Waals surface area (Å²) < 4.78 is 10.4. The lowest BCUT2D eigenvalue weighted by atomic mass is 10.1. The van der Waals surface area contributed by atoms with Gasteiger partial charge in [-0.3, -0.25) is 9.59 Å². The van der Waals surface area contributed by atoms with Crippen molar-refractivity contribution in [2.75, 3.05) is 19.0 Å². The molecule has 0 radical (unpaired) electrons. The molecule has 1 aliphatic carbocycles. The van der Waals surface area contributed by atoms with Gasteiger partial charge in [0.05, 0.1) is 18.6 Å². The second-order valence-electron chi connectivity index (χ2n) is 6.55. The Morgan fingerprint density at radius 2 is 2.03 bits per heavy atom. The third-order valence-corrected chi connectivity index (χ3v) is 5.53. The highest BCUT2D eigenvalue weighted by atomic mass is 32.2. The molecule has 0 saturated carbocycles. The quantitative estimate of drug-likeness (QED) is 0.353. The molecular formula is C22H22N2O4S. The molecule has 3 rings (SSSR count). The number of pyridine rings is 1. The van der Waals surface area contributed by atoms with Crippen molar-refractivity contribution in [3.8, 4) is 11.8 Å². The van der Waals surface area contributed by atoms with Crippen LogP contribution in [0.1, 0.15) is 46.9 Å². The molecule has 0 atom stereocenters. The Morgan fingerprint density at radius 1 is 1.24 bits per heavy atom. The molecule has 0 N–H and O–H groups in total. The van der Waals surface area contributed by atoms with Crippen molar-refractivity contribution < 1.29 is 19.1 Å². The van der Waals surface area contributed by atoms with Crippen molar-refractivity contribution in [1.82, 2.24) is 4.98 Å². The number of nitriles is 1. The van der Waals surface area contributed by atoms with Crippen molar-refractivity contribution in [2.45, 2.75) is 37.6 Å². The Hall–Kier alpha value is -2.85. The smallest absolute Gasteiger partial charge is 0.307 e. The Morgan fingerprint density at radius 3 is 2.76 bits per heavy atom. The van der Waals surface area contributed by atoms with Crippen LogP contribution in [0.5, 0.6) is 5.75 Å². The Bertz CT molecular complexity index is 935. The summed E-state index contributed by atoms with van der Waals surface area (Å²) in [7, 11) is 0. The van der Waals surface area contributed by atoms with E-state index in [0.29, 0.717) is 34.3 Å². The van der Waals surface area contributed by atoms with Crippen LogP contribution in [0.4, 0.5) is 0 Å². The zero-order valence-corrected chi connectivity index (χ0v) is 17.1. The lowest BCUT2D eigenvalue weighted by molar-refractivity contribution is -0.141. The van der Waals surface area contributed by atoms with Crippen LogP contribution in [0.3, 0.4) is 0 Å². The van der Waals surface area contributed by atoms with E-state index in [9.17, 15) is 14.9 Å². The van der Waals surface area contributed by atoms with Crippen LogP contribution in [0, 0.1) is 11.3 Å². The predicted molar refractivity (Wildman–Crippen MR) is 109 cm³/mol. The van der Waals surface area contributed by atoms with Gasteiger partial charge >= 0.3 is 5.97 Å². The normalized spacial score (nSPS) is 12.1. The number of esters is 1. The molecule has 29 heavy (non-hydrogen) atoms. The maximum Gasteiger partial charge on any atom is 0.307 e. The number of benzene rings is 1. The van der Waals surface area contributed by atoms with Gasteiger partial charge in [0.2, 0.25) is 0 Å². The molecule has 0 fully saturated rings. The van der Waals surface area contributed by atoms with Crippen LogP contribution in [0.15, 0.2) is 35.4 Å². The first-order valence-electron chi connectivity index (χ1n) is 9.58. The predicted octanol–water partition coefficient (Wildman–Crippen LogP) is 3.75. The SMILES string of the molecule is CCOc1ccc(C(=O)COC(=O)CCSc2nc3c(cc2C#N)CCC3)cc1. The number of fused-ring (bicyclic) bond motifs is 1. The van der Waals surface area contributed by atoms with E-state index in [1.165, 1.54) is 11.8 Å². The number of nitrogens with zero attached hydrogens (tertiary/aromatic N) is 2. The average molecular weight is 410 g/mol. The molecule has 1 heterocycles. The maximum absolute atomic E-state index is 12.1. The fraction of sp³-hybridized carbons (Fsp3) is 0.364. The summed E-state index contributed by atoms with van der Waals surface area (Å²) in [5, 5.41) is 9.98. The Labute approximate surface area is 174 Å². The summed E-state index contributed by atoms with van der Waals surface area (Å²) >= 11 is 1.37. The third kappa shape index (κ3) is 5.58. The second-order valence-corrected chi connectivity index (χ2v) is 7.64. The van der Waals surface area contributed by atoms with E-state index in [1.54, 1.807) is 24.3 Å². The van der Waals surface area contributed by atoms with E-state index >= 15 is 0 Å². The van der Waals surface area contributed by atoms with Gasteiger partial charge in [-0.05, 0) is 62.1 Å². The molecule has 0 bridgehead atoms. The largest absolute Gasteiger partial charge is 0.494 e. The fourth-order valence-electron chi connectivity index (χ4n) is 3.08. The molecular weight excluding hydrogens is 388 g/mol. The van der Waals surface area contributed by atoms with Gasteiger partial charge in [0, 0.05) is 17.0 Å². The summed E-state index contributed by atoms with van der Waals surface area (Å²) in [6, 6.07) is 10.8. The van der Waals surface area contributed by atoms with Crippen molar-refractivity contribution in [3.05, 3.63) is 52.7 Å². The molecule has 0 spiro atoms. The Kier molecular flexibility index (Phi) is 7.25. The Balaban J connectivity index is 1.44. The van der Waals surface area contributed by atoms with Crippen LogP contribution in [0.25, 0.3) is 0 Å². The van der Waals surface area contributed by atoms with Gasteiger partial charge < -0.3 is 9.47 Å². The van der Waals surface area contributed by atoms with E-state index < -0.39 is 5.97 Å². The van der Waals surface area contributed by atoms with E-state index in [2.05, 4.69) is 11.1 Å². The van der Waals surface area contributed by atoms with Gasteiger partial charge in [0.1, 0.15) is 16.8 Å². The molecule has 0 unspecified atom stereocenters. The van der Waals surface area contributed by atoms with E-state index in [0.717, 1.165) is 30.5 Å². The maximum atomic E-state index is 12.1. The lowest BCUT2D eigenvalue weighted by Crippen LogP contribution is -2.14. The molecule has 1 aromatic heterocycles. The standard InChI is InChI=1S/C22H22N2O4S/c1-2-27-18-8-6-15(7-9-18)20(25)14-28-21(26)10-11-29-22-17(13-23)12-16-4-3-5-19(16)24-22/h6-9,12H,2-5,10-11,14H2,1H3. The fourth-order valence-corrected chi connectivity index (χ4v) is 3.98. The number of carbonyl (C=O) groups excluding carboxylic acids is 2. The van der Waals surface area contributed by atoms with Crippen LogP contribution in [0.2, 0.25) is 0 Å². The van der Waals surface area contributed by atoms with Crippen LogP contribution < -0.4 is 4.74 Å². The number of aromatic nitrogens is 1. The summed E-state index contributed by atoms with van der Waals surface area (Å²) in [5.74, 6) is 0.420. The zero-order chi connectivity index (χ0) is 20.6. The number of ether oxygens (including phenoxy) is 2. The molecule has 150 valence electrons. The van der Waals surface area contributed by atoms with Gasteiger partial charge in [0.15, 0.2) is 12.4 Å². The number of hydrogen-bond donors (Lipinski definition) is 0. The minimum absolute atomic E-state index is 0.144. The zero-order valence-electron chi connectivity index (χ0n) is 16.3. The van der Waals surface area contributed by atoms with Crippen molar-refractivity contribution >= 4 is 23.5 Å². The number of aryl methyl sites for hydroxylation is 2. The van der Waals surface area contributed by atoms with Crippen LogP contribution in [-0.2, 0) is 22.4 Å². The van der Waals surface area contributed by atoms with Crippen molar-refractivity contribution in [1.29, 1.82) is 5.26 Å². The molecule has 0 aliphatic heterocycles. The van der Waals surface area contributed by atoms with E-state index in [-0.39, 0.29) is 18.8 Å².